The van der Waals surface area contributed by atoms with Crippen LogP contribution in [0.2, 0.25) is 0 Å². The molecule has 28 heavy (non-hydrogen) atoms. The topological polar surface area (TPSA) is 52.6 Å². The molecule has 1 unspecified atom stereocenters. The molecule has 1 N–H and O–H groups in total. The number of guanidine groups is 1. The van der Waals surface area contributed by atoms with E-state index in [-0.39, 0.29) is 0 Å². The lowest BCUT2D eigenvalue weighted by Gasteiger charge is -2.38. The van der Waals surface area contributed by atoms with E-state index < -0.39 is 0 Å². The Morgan fingerprint density at radius 2 is 1.79 bits per heavy atom. The lowest BCUT2D eigenvalue weighted by atomic mass is 10.2. The van der Waals surface area contributed by atoms with Crippen LogP contribution in [0.1, 0.15) is 13.8 Å². The van der Waals surface area contributed by atoms with Gasteiger partial charge in [0.2, 0.25) is 0 Å². The number of nitrogens with one attached hydrogen (secondary N) is 1. The van der Waals surface area contributed by atoms with Gasteiger partial charge in [0.05, 0.1) is 26.9 Å². The maximum atomic E-state index is 5.46. The van der Waals surface area contributed by atoms with Gasteiger partial charge >= 0.3 is 0 Å². The maximum Gasteiger partial charge on any atom is 0.194 e. The van der Waals surface area contributed by atoms with Crippen LogP contribution in [0.5, 0.6) is 5.75 Å². The second kappa shape index (κ2) is 10.5. The van der Waals surface area contributed by atoms with Crippen molar-refractivity contribution < 1.29 is 9.47 Å². The van der Waals surface area contributed by atoms with Gasteiger partial charge in [0.25, 0.3) is 0 Å². The van der Waals surface area contributed by atoms with E-state index in [2.05, 4.69) is 46.0 Å². The van der Waals surface area contributed by atoms with E-state index in [0.29, 0.717) is 6.04 Å². The predicted octanol–water partition coefficient (Wildman–Crippen LogP) is 1.50. The Morgan fingerprint density at radius 1 is 1.11 bits per heavy atom. The minimum Gasteiger partial charge on any atom is -0.497 e. The number of methoxy groups -OCH3 is 1. The van der Waals surface area contributed by atoms with Gasteiger partial charge in [0, 0.05) is 57.5 Å². The Balaban J connectivity index is 1.54. The van der Waals surface area contributed by atoms with E-state index in [1.54, 1.807) is 7.11 Å². The normalized spacial score (nSPS) is 20.2. The standard InChI is InChI=1S/C21H35N5O2/c1-4-22-21(23-17-18(2)24-13-15-28-16-14-24)26-11-9-25(10-12-26)19-5-7-20(27-3)8-6-19/h5-8,18H,4,9-17H2,1-3H3,(H,22,23). The number of hydrogen-bond acceptors (Lipinski definition) is 5. The largest absolute Gasteiger partial charge is 0.497 e. The van der Waals surface area contributed by atoms with Gasteiger partial charge < -0.3 is 24.6 Å². The Kier molecular flexibility index (Phi) is 7.80. The molecular weight excluding hydrogens is 354 g/mol. The van der Waals surface area contributed by atoms with Crippen LogP contribution in [0, 0.1) is 0 Å². The van der Waals surface area contributed by atoms with Crippen LogP contribution >= 0.6 is 0 Å². The molecule has 0 amide bonds. The number of hydrogen-bond donors (Lipinski definition) is 1. The van der Waals surface area contributed by atoms with Gasteiger partial charge in [-0.15, -0.1) is 0 Å². The molecule has 2 aliphatic heterocycles. The first-order valence-corrected chi connectivity index (χ1v) is 10.4. The van der Waals surface area contributed by atoms with Crippen molar-refractivity contribution in [1.82, 2.24) is 15.1 Å². The van der Waals surface area contributed by atoms with Crippen LogP contribution in [-0.2, 0) is 4.74 Å². The molecule has 0 spiro atoms. The fourth-order valence-corrected chi connectivity index (χ4v) is 3.75. The summed E-state index contributed by atoms with van der Waals surface area (Å²) < 4.78 is 10.7. The molecule has 2 aliphatic rings. The SMILES string of the molecule is CCNC(=NCC(C)N1CCOCC1)N1CCN(c2ccc(OC)cc2)CC1. The van der Waals surface area contributed by atoms with Crippen molar-refractivity contribution in [2.45, 2.75) is 19.9 Å². The third-order valence-electron chi connectivity index (χ3n) is 5.53. The molecular formula is C21H35N5O2. The third-order valence-corrected chi connectivity index (χ3v) is 5.53. The summed E-state index contributed by atoms with van der Waals surface area (Å²) in [6.45, 7) is 13.7. The number of aliphatic imine (C=N–C) groups is 1. The Bertz CT molecular complexity index is 608. The van der Waals surface area contributed by atoms with Crippen molar-refractivity contribution in [2.24, 2.45) is 4.99 Å². The zero-order valence-electron chi connectivity index (χ0n) is 17.6. The molecule has 1 aromatic rings. The summed E-state index contributed by atoms with van der Waals surface area (Å²) in [5.74, 6) is 1.94. The first-order chi connectivity index (χ1) is 13.7. The molecule has 7 heteroatoms. The third kappa shape index (κ3) is 5.52. The van der Waals surface area contributed by atoms with E-state index in [9.17, 15) is 0 Å². The van der Waals surface area contributed by atoms with Crippen molar-refractivity contribution in [3.05, 3.63) is 24.3 Å². The van der Waals surface area contributed by atoms with E-state index in [4.69, 9.17) is 14.5 Å². The highest BCUT2D eigenvalue weighted by Crippen LogP contribution is 2.20. The zero-order valence-corrected chi connectivity index (χ0v) is 17.6. The lowest BCUT2D eigenvalue weighted by Crippen LogP contribution is -2.53. The molecule has 156 valence electrons. The molecule has 0 saturated carbocycles. The minimum absolute atomic E-state index is 0.443. The highest BCUT2D eigenvalue weighted by molar-refractivity contribution is 5.80. The number of morpholine rings is 1. The maximum absolute atomic E-state index is 5.46. The second-order valence-corrected chi connectivity index (χ2v) is 7.36. The number of piperazine rings is 1. The van der Waals surface area contributed by atoms with Gasteiger partial charge in [-0.2, -0.15) is 0 Å². The first kappa shape index (κ1) is 20.7. The van der Waals surface area contributed by atoms with Crippen LogP contribution in [0.15, 0.2) is 29.3 Å². The number of ether oxygens (including phenoxy) is 2. The predicted molar refractivity (Wildman–Crippen MR) is 115 cm³/mol. The summed E-state index contributed by atoms with van der Waals surface area (Å²) >= 11 is 0. The summed E-state index contributed by atoms with van der Waals surface area (Å²) in [4.78, 5) is 12.2. The van der Waals surface area contributed by atoms with Gasteiger partial charge in [0.15, 0.2) is 5.96 Å². The van der Waals surface area contributed by atoms with Gasteiger partial charge in [-0.05, 0) is 38.1 Å². The summed E-state index contributed by atoms with van der Waals surface area (Å²) in [6, 6.07) is 8.77. The van der Waals surface area contributed by atoms with Crippen molar-refractivity contribution >= 4 is 11.6 Å². The van der Waals surface area contributed by atoms with E-state index in [1.807, 2.05) is 12.1 Å². The van der Waals surface area contributed by atoms with Gasteiger partial charge in [-0.1, -0.05) is 0 Å². The molecule has 2 saturated heterocycles. The number of anilines is 1. The van der Waals surface area contributed by atoms with Crippen molar-refractivity contribution in [2.75, 3.05) is 77.6 Å². The number of nitrogens with zero attached hydrogens (tertiary/aromatic N) is 4. The van der Waals surface area contributed by atoms with Crippen LogP contribution in [0.4, 0.5) is 5.69 Å². The quantitative estimate of drug-likeness (QED) is 0.588. The van der Waals surface area contributed by atoms with Crippen LogP contribution in [0.3, 0.4) is 0 Å². The number of rotatable bonds is 6. The summed E-state index contributed by atoms with van der Waals surface area (Å²) in [7, 11) is 1.70. The zero-order chi connectivity index (χ0) is 19.8. The summed E-state index contributed by atoms with van der Waals surface area (Å²) in [5.41, 5.74) is 1.25. The van der Waals surface area contributed by atoms with Crippen molar-refractivity contribution in [3.8, 4) is 5.75 Å². The van der Waals surface area contributed by atoms with Crippen LogP contribution in [0.25, 0.3) is 0 Å². The average Bonchev–Trinajstić information content (AvgIpc) is 2.77. The molecule has 1 atom stereocenters. The molecule has 7 nitrogen and oxygen atoms in total. The van der Waals surface area contributed by atoms with Crippen molar-refractivity contribution in [3.63, 3.8) is 0 Å². The van der Waals surface area contributed by atoms with E-state index in [1.165, 1.54) is 5.69 Å². The molecule has 2 fully saturated rings. The van der Waals surface area contributed by atoms with E-state index in [0.717, 1.165) is 77.3 Å². The molecule has 3 rings (SSSR count). The highest BCUT2D eigenvalue weighted by atomic mass is 16.5. The molecule has 0 aliphatic carbocycles. The molecule has 0 bridgehead atoms. The molecule has 2 heterocycles. The Morgan fingerprint density at radius 3 is 2.39 bits per heavy atom. The minimum atomic E-state index is 0.443. The summed E-state index contributed by atoms with van der Waals surface area (Å²) in [6.07, 6.45) is 0. The number of benzene rings is 1. The first-order valence-electron chi connectivity index (χ1n) is 10.4. The summed E-state index contributed by atoms with van der Waals surface area (Å²) in [5, 5.41) is 3.48. The smallest absolute Gasteiger partial charge is 0.194 e. The Hall–Kier alpha value is -1.99. The van der Waals surface area contributed by atoms with E-state index >= 15 is 0 Å². The second-order valence-electron chi connectivity index (χ2n) is 7.36. The fraction of sp³-hybridized carbons (Fsp3) is 0.667. The highest BCUT2D eigenvalue weighted by Gasteiger charge is 2.21. The molecule has 0 radical (unpaired) electrons. The van der Waals surface area contributed by atoms with Gasteiger partial charge in [-0.3, -0.25) is 9.89 Å². The fourth-order valence-electron chi connectivity index (χ4n) is 3.75. The van der Waals surface area contributed by atoms with Gasteiger partial charge in [0.1, 0.15) is 5.75 Å². The van der Waals surface area contributed by atoms with Gasteiger partial charge in [-0.25, -0.2) is 0 Å². The molecule has 0 aromatic heterocycles. The van der Waals surface area contributed by atoms with Crippen LogP contribution < -0.4 is 15.0 Å². The average molecular weight is 390 g/mol. The molecule has 1 aromatic carbocycles. The van der Waals surface area contributed by atoms with Crippen LogP contribution in [-0.4, -0.2) is 94.5 Å². The van der Waals surface area contributed by atoms with Crippen molar-refractivity contribution in [1.29, 1.82) is 0 Å². The Labute approximate surface area is 169 Å². The monoisotopic (exact) mass is 389 g/mol. The lowest BCUT2D eigenvalue weighted by molar-refractivity contribution is 0.0220.